The van der Waals surface area contributed by atoms with Crippen LogP contribution in [0, 0.1) is 6.92 Å². The second-order valence-corrected chi connectivity index (χ2v) is 5.86. The predicted molar refractivity (Wildman–Crippen MR) is 81.5 cm³/mol. The van der Waals surface area contributed by atoms with E-state index in [4.69, 9.17) is 0 Å². The van der Waals surface area contributed by atoms with E-state index in [-0.39, 0.29) is 11.7 Å². The maximum absolute atomic E-state index is 11.9. The minimum atomic E-state index is -0.0617. The fourth-order valence-electron chi connectivity index (χ4n) is 1.81. The standard InChI is InChI=1S/C16H17NO2S/c1-11-3-5-13(6-4-11)16(19)17-10-9-14-7-8-15(20-14)12(2)18/h3-8H,9-10H2,1-2H3,(H,17,19). The van der Waals surface area contributed by atoms with Crippen LogP contribution in [-0.4, -0.2) is 18.2 Å². The van der Waals surface area contributed by atoms with E-state index in [9.17, 15) is 9.59 Å². The number of Topliss-reactive ketones (excluding diaryl/α,β-unsaturated/α-hetero) is 1. The van der Waals surface area contributed by atoms with E-state index in [1.54, 1.807) is 6.92 Å². The van der Waals surface area contributed by atoms with Gasteiger partial charge in [-0.1, -0.05) is 17.7 Å². The van der Waals surface area contributed by atoms with Crippen LogP contribution in [0.25, 0.3) is 0 Å². The Morgan fingerprint density at radius 3 is 2.40 bits per heavy atom. The van der Waals surface area contributed by atoms with Crippen molar-refractivity contribution >= 4 is 23.0 Å². The number of benzene rings is 1. The first-order valence-electron chi connectivity index (χ1n) is 6.51. The first-order chi connectivity index (χ1) is 9.56. The van der Waals surface area contributed by atoms with Crippen molar-refractivity contribution in [2.45, 2.75) is 20.3 Å². The average molecular weight is 287 g/mol. The molecule has 0 unspecified atom stereocenters. The van der Waals surface area contributed by atoms with Crippen LogP contribution < -0.4 is 5.32 Å². The summed E-state index contributed by atoms with van der Waals surface area (Å²) in [6.07, 6.45) is 0.746. The van der Waals surface area contributed by atoms with Gasteiger partial charge >= 0.3 is 0 Å². The van der Waals surface area contributed by atoms with Gasteiger partial charge in [-0.05, 0) is 44.5 Å². The highest BCUT2D eigenvalue weighted by Gasteiger charge is 2.06. The van der Waals surface area contributed by atoms with E-state index in [1.807, 2.05) is 43.3 Å². The summed E-state index contributed by atoms with van der Waals surface area (Å²) in [6, 6.07) is 11.3. The third kappa shape index (κ3) is 3.78. The summed E-state index contributed by atoms with van der Waals surface area (Å²) in [7, 11) is 0. The number of ketones is 1. The Morgan fingerprint density at radius 2 is 1.80 bits per heavy atom. The summed E-state index contributed by atoms with van der Waals surface area (Å²) in [4.78, 5) is 25.0. The highest BCUT2D eigenvalue weighted by molar-refractivity contribution is 7.14. The summed E-state index contributed by atoms with van der Waals surface area (Å²) in [5.74, 6) is 0.0262. The zero-order chi connectivity index (χ0) is 14.5. The van der Waals surface area contributed by atoms with E-state index < -0.39 is 0 Å². The Kier molecular flexibility index (Phi) is 4.69. The van der Waals surface area contributed by atoms with E-state index in [2.05, 4.69) is 5.32 Å². The topological polar surface area (TPSA) is 46.2 Å². The van der Waals surface area contributed by atoms with Crippen molar-refractivity contribution in [3.8, 4) is 0 Å². The molecule has 1 amide bonds. The smallest absolute Gasteiger partial charge is 0.251 e. The van der Waals surface area contributed by atoms with Crippen molar-refractivity contribution in [2.24, 2.45) is 0 Å². The number of hydrogen-bond acceptors (Lipinski definition) is 3. The summed E-state index contributed by atoms with van der Waals surface area (Å²) in [5, 5.41) is 2.89. The summed E-state index contributed by atoms with van der Waals surface area (Å²) in [5.41, 5.74) is 1.81. The van der Waals surface area contributed by atoms with Crippen LogP contribution in [0.4, 0.5) is 0 Å². The average Bonchev–Trinajstić information content (AvgIpc) is 2.88. The van der Waals surface area contributed by atoms with Gasteiger partial charge in [-0.2, -0.15) is 0 Å². The lowest BCUT2D eigenvalue weighted by molar-refractivity contribution is 0.0953. The lowest BCUT2D eigenvalue weighted by Gasteiger charge is -2.04. The number of hydrogen-bond donors (Lipinski definition) is 1. The zero-order valence-electron chi connectivity index (χ0n) is 11.6. The predicted octanol–water partition coefficient (Wildman–Crippen LogP) is 3.23. The van der Waals surface area contributed by atoms with Crippen LogP contribution in [0.5, 0.6) is 0 Å². The monoisotopic (exact) mass is 287 g/mol. The zero-order valence-corrected chi connectivity index (χ0v) is 12.4. The van der Waals surface area contributed by atoms with Gasteiger partial charge < -0.3 is 5.32 Å². The fourth-order valence-corrected chi connectivity index (χ4v) is 2.71. The van der Waals surface area contributed by atoms with Crippen LogP contribution in [-0.2, 0) is 6.42 Å². The molecule has 20 heavy (non-hydrogen) atoms. The first kappa shape index (κ1) is 14.5. The molecule has 0 spiro atoms. The van der Waals surface area contributed by atoms with Gasteiger partial charge in [0.05, 0.1) is 4.88 Å². The lowest BCUT2D eigenvalue weighted by Crippen LogP contribution is -2.25. The molecular formula is C16H17NO2S. The van der Waals surface area contributed by atoms with Crippen molar-refractivity contribution in [2.75, 3.05) is 6.54 Å². The molecule has 3 nitrogen and oxygen atoms in total. The Hall–Kier alpha value is -1.94. The van der Waals surface area contributed by atoms with Crippen LogP contribution in [0.2, 0.25) is 0 Å². The Morgan fingerprint density at radius 1 is 1.10 bits per heavy atom. The molecule has 0 radical (unpaired) electrons. The number of aryl methyl sites for hydroxylation is 1. The third-order valence-electron chi connectivity index (χ3n) is 2.98. The maximum Gasteiger partial charge on any atom is 0.251 e. The summed E-state index contributed by atoms with van der Waals surface area (Å²) >= 11 is 1.49. The van der Waals surface area contributed by atoms with Crippen LogP contribution >= 0.6 is 11.3 Å². The molecule has 0 aliphatic heterocycles. The number of thiophene rings is 1. The van der Waals surface area contributed by atoms with Gasteiger partial charge in [-0.25, -0.2) is 0 Å². The van der Waals surface area contributed by atoms with Crippen LogP contribution in [0.15, 0.2) is 36.4 Å². The molecule has 1 heterocycles. The van der Waals surface area contributed by atoms with Crippen molar-refractivity contribution in [1.29, 1.82) is 0 Å². The number of rotatable bonds is 5. The molecule has 2 rings (SSSR count). The van der Waals surface area contributed by atoms with Crippen molar-refractivity contribution in [3.05, 3.63) is 57.3 Å². The van der Waals surface area contributed by atoms with Gasteiger partial charge in [-0.3, -0.25) is 9.59 Å². The molecule has 104 valence electrons. The van der Waals surface area contributed by atoms with Gasteiger partial charge in [0.25, 0.3) is 5.91 Å². The normalized spacial score (nSPS) is 10.3. The van der Waals surface area contributed by atoms with E-state index >= 15 is 0 Å². The van der Waals surface area contributed by atoms with Gasteiger partial charge in [0, 0.05) is 17.0 Å². The Bertz CT molecular complexity index is 614. The van der Waals surface area contributed by atoms with Gasteiger partial charge in [0.15, 0.2) is 5.78 Å². The highest BCUT2D eigenvalue weighted by atomic mass is 32.1. The third-order valence-corrected chi connectivity index (χ3v) is 4.23. The van der Waals surface area contributed by atoms with Crippen LogP contribution in [0.1, 0.15) is 37.4 Å². The quantitative estimate of drug-likeness (QED) is 0.858. The van der Waals surface area contributed by atoms with Gasteiger partial charge in [0.2, 0.25) is 0 Å². The highest BCUT2D eigenvalue weighted by Crippen LogP contribution is 2.17. The Labute approximate surface area is 122 Å². The largest absolute Gasteiger partial charge is 0.352 e. The number of nitrogens with one attached hydrogen (secondary N) is 1. The van der Waals surface area contributed by atoms with E-state index in [0.717, 1.165) is 21.7 Å². The van der Waals surface area contributed by atoms with Crippen molar-refractivity contribution < 1.29 is 9.59 Å². The number of amides is 1. The van der Waals surface area contributed by atoms with E-state index in [0.29, 0.717) is 12.1 Å². The molecule has 0 aliphatic rings. The van der Waals surface area contributed by atoms with Crippen molar-refractivity contribution in [1.82, 2.24) is 5.32 Å². The molecule has 0 aliphatic carbocycles. The molecule has 4 heteroatoms. The molecular weight excluding hydrogens is 270 g/mol. The molecule has 0 fully saturated rings. The number of carbonyl (C=O) groups excluding carboxylic acids is 2. The minimum Gasteiger partial charge on any atom is -0.352 e. The molecule has 0 atom stereocenters. The number of carbonyl (C=O) groups is 2. The molecule has 0 saturated carbocycles. The maximum atomic E-state index is 11.9. The minimum absolute atomic E-state index is 0.0617. The second-order valence-electron chi connectivity index (χ2n) is 4.69. The van der Waals surface area contributed by atoms with Crippen LogP contribution in [0.3, 0.4) is 0 Å². The summed E-state index contributed by atoms with van der Waals surface area (Å²) < 4.78 is 0. The molecule has 2 aromatic rings. The van der Waals surface area contributed by atoms with Gasteiger partial charge in [0.1, 0.15) is 0 Å². The Balaban J connectivity index is 1.84. The summed E-state index contributed by atoms with van der Waals surface area (Å²) in [6.45, 7) is 4.13. The van der Waals surface area contributed by atoms with Gasteiger partial charge in [-0.15, -0.1) is 11.3 Å². The molecule has 0 saturated heterocycles. The lowest BCUT2D eigenvalue weighted by atomic mass is 10.1. The second kappa shape index (κ2) is 6.48. The molecule has 1 N–H and O–H groups in total. The fraction of sp³-hybridized carbons (Fsp3) is 0.250. The molecule has 1 aromatic carbocycles. The molecule has 0 bridgehead atoms. The first-order valence-corrected chi connectivity index (χ1v) is 7.32. The van der Waals surface area contributed by atoms with Crippen molar-refractivity contribution in [3.63, 3.8) is 0 Å². The van der Waals surface area contributed by atoms with E-state index in [1.165, 1.54) is 11.3 Å². The SMILES string of the molecule is CC(=O)c1ccc(CCNC(=O)c2ccc(C)cc2)s1. The molecule has 1 aromatic heterocycles.